The van der Waals surface area contributed by atoms with Gasteiger partial charge in [-0.25, -0.2) is 9.50 Å². The molecular formula is C17H17N9O. The Morgan fingerprint density at radius 2 is 2.00 bits per heavy atom. The Bertz CT molecular complexity index is 1140. The van der Waals surface area contributed by atoms with Gasteiger partial charge in [-0.1, -0.05) is 19.1 Å². The zero-order valence-corrected chi connectivity index (χ0v) is 15.1. The number of hydrogen-bond acceptors (Lipinski definition) is 7. The number of fused-ring (bicyclic) bond motifs is 1. The lowest BCUT2D eigenvalue weighted by Gasteiger charge is -2.10. The molecule has 0 saturated heterocycles. The molecule has 136 valence electrons. The number of carbonyl (C=O) groups excluding carboxylic acids is 1. The number of benzene rings is 1. The predicted octanol–water partition coefficient (Wildman–Crippen LogP) is 1.53. The molecule has 0 aliphatic heterocycles. The summed E-state index contributed by atoms with van der Waals surface area (Å²) in [6.45, 7) is 5.72. The zero-order valence-electron chi connectivity index (χ0n) is 15.1. The fourth-order valence-electron chi connectivity index (χ4n) is 2.82. The van der Waals surface area contributed by atoms with Gasteiger partial charge in [0, 0.05) is 17.8 Å². The first-order valence-corrected chi connectivity index (χ1v) is 8.46. The molecule has 0 unspecified atom stereocenters. The Labute approximate surface area is 154 Å². The van der Waals surface area contributed by atoms with E-state index < -0.39 is 5.91 Å². The quantitative estimate of drug-likeness (QED) is 0.584. The summed E-state index contributed by atoms with van der Waals surface area (Å²) in [4.78, 5) is 21.3. The van der Waals surface area contributed by atoms with Crippen molar-refractivity contribution in [3.8, 4) is 5.69 Å². The maximum Gasteiger partial charge on any atom is 0.295 e. The molecule has 0 bridgehead atoms. The molecule has 10 heteroatoms. The highest BCUT2D eigenvalue weighted by atomic mass is 16.2. The third-order valence-corrected chi connectivity index (χ3v) is 4.05. The first-order valence-electron chi connectivity index (χ1n) is 8.46. The smallest absolute Gasteiger partial charge is 0.295 e. The van der Waals surface area contributed by atoms with Crippen molar-refractivity contribution < 1.29 is 4.79 Å². The number of para-hydroxylation sites is 2. The summed E-state index contributed by atoms with van der Waals surface area (Å²) in [5.41, 5.74) is 2.90. The van der Waals surface area contributed by atoms with E-state index in [4.69, 9.17) is 0 Å². The van der Waals surface area contributed by atoms with Crippen LogP contribution in [0.4, 0.5) is 5.69 Å². The first kappa shape index (κ1) is 16.8. The average molecular weight is 363 g/mol. The highest BCUT2D eigenvalue weighted by Gasteiger charge is 2.18. The molecule has 0 aliphatic carbocycles. The van der Waals surface area contributed by atoms with E-state index in [1.165, 1.54) is 0 Å². The summed E-state index contributed by atoms with van der Waals surface area (Å²) in [6, 6.07) is 9.16. The SMILES string of the molecule is CCc1nnnn1-c1ccccc1NC(=O)c1nc2nc(C)cc(C)n2n1. The van der Waals surface area contributed by atoms with Crippen molar-refractivity contribution in [1.82, 2.24) is 39.8 Å². The molecule has 27 heavy (non-hydrogen) atoms. The molecule has 3 aromatic heterocycles. The number of aryl methyl sites for hydroxylation is 3. The second-order valence-corrected chi connectivity index (χ2v) is 6.02. The molecule has 3 heterocycles. The lowest BCUT2D eigenvalue weighted by molar-refractivity contribution is 0.101. The topological polar surface area (TPSA) is 116 Å². The maximum absolute atomic E-state index is 12.7. The van der Waals surface area contributed by atoms with Crippen LogP contribution in [0.15, 0.2) is 30.3 Å². The lowest BCUT2D eigenvalue weighted by Crippen LogP contribution is -2.16. The van der Waals surface area contributed by atoms with Crippen molar-refractivity contribution in [2.45, 2.75) is 27.2 Å². The van der Waals surface area contributed by atoms with Gasteiger partial charge in [0.05, 0.1) is 11.4 Å². The van der Waals surface area contributed by atoms with Crippen LogP contribution in [0.2, 0.25) is 0 Å². The van der Waals surface area contributed by atoms with E-state index in [1.54, 1.807) is 15.3 Å². The number of carbonyl (C=O) groups is 1. The number of nitrogens with one attached hydrogen (secondary N) is 1. The molecule has 0 spiro atoms. The fraction of sp³-hybridized carbons (Fsp3) is 0.235. The summed E-state index contributed by atoms with van der Waals surface area (Å²) < 4.78 is 3.14. The van der Waals surface area contributed by atoms with Gasteiger partial charge >= 0.3 is 0 Å². The number of tetrazole rings is 1. The van der Waals surface area contributed by atoms with E-state index in [-0.39, 0.29) is 5.82 Å². The van der Waals surface area contributed by atoms with Crippen molar-refractivity contribution in [1.29, 1.82) is 0 Å². The first-order chi connectivity index (χ1) is 13.1. The van der Waals surface area contributed by atoms with Gasteiger partial charge in [-0.15, -0.1) is 10.2 Å². The summed E-state index contributed by atoms with van der Waals surface area (Å²) >= 11 is 0. The van der Waals surface area contributed by atoms with Gasteiger partial charge in [-0.05, 0) is 42.5 Å². The van der Waals surface area contributed by atoms with Crippen molar-refractivity contribution >= 4 is 17.4 Å². The molecule has 0 radical (unpaired) electrons. The number of nitrogens with zero attached hydrogens (tertiary/aromatic N) is 8. The maximum atomic E-state index is 12.7. The van der Waals surface area contributed by atoms with Crippen LogP contribution in [-0.2, 0) is 6.42 Å². The van der Waals surface area contributed by atoms with Gasteiger partial charge in [0.25, 0.3) is 11.7 Å². The van der Waals surface area contributed by atoms with E-state index >= 15 is 0 Å². The molecule has 0 saturated carbocycles. The molecule has 1 N–H and O–H groups in total. The summed E-state index contributed by atoms with van der Waals surface area (Å²) in [7, 11) is 0. The number of rotatable bonds is 4. The van der Waals surface area contributed by atoms with E-state index in [1.807, 2.05) is 45.0 Å². The standard InChI is InChI=1S/C17H17N9O/c1-4-14-21-23-24-26(14)13-8-6-5-7-12(13)19-16(27)15-20-17-18-10(2)9-11(3)25(17)22-15/h5-9H,4H2,1-3H3,(H,19,27). The molecular weight excluding hydrogens is 346 g/mol. The molecule has 0 aliphatic rings. The molecule has 1 aromatic carbocycles. The van der Waals surface area contributed by atoms with Crippen LogP contribution >= 0.6 is 0 Å². The summed E-state index contributed by atoms with van der Waals surface area (Å²) in [5, 5.41) is 18.8. The van der Waals surface area contributed by atoms with Crippen molar-refractivity contribution in [3.05, 3.63) is 53.4 Å². The molecule has 4 rings (SSSR count). The highest BCUT2D eigenvalue weighted by molar-refractivity contribution is 6.02. The Kier molecular flexibility index (Phi) is 4.07. The van der Waals surface area contributed by atoms with Gasteiger partial charge in [-0.2, -0.15) is 9.67 Å². The number of hydrogen-bond donors (Lipinski definition) is 1. The minimum absolute atomic E-state index is 0.0402. The molecule has 10 nitrogen and oxygen atoms in total. The molecule has 1 amide bonds. The predicted molar refractivity (Wildman–Crippen MR) is 96.7 cm³/mol. The van der Waals surface area contributed by atoms with Crippen molar-refractivity contribution in [2.75, 3.05) is 5.32 Å². The fourth-order valence-corrected chi connectivity index (χ4v) is 2.82. The molecule has 4 aromatic rings. The number of anilines is 1. The minimum Gasteiger partial charge on any atom is -0.317 e. The van der Waals surface area contributed by atoms with Gasteiger partial charge in [0.1, 0.15) is 0 Å². The van der Waals surface area contributed by atoms with E-state index in [0.29, 0.717) is 29.4 Å². The Balaban J connectivity index is 1.69. The normalized spacial score (nSPS) is 11.1. The van der Waals surface area contributed by atoms with Crippen LogP contribution in [-0.4, -0.2) is 45.7 Å². The minimum atomic E-state index is -0.434. The lowest BCUT2D eigenvalue weighted by atomic mass is 10.2. The van der Waals surface area contributed by atoms with Crippen LogP contribution in [0, 0.1) is 13.8 Å². The Hall–Kier alpha value is -3.69. The van der Waals surface area contributed by atoms with Gasteiger partial charge < -0.3 is 5.32 Å². The Morgan fingerprint density at radius 3 is 2.81 bits per heavy atom. The second-order valence-electron chi connectivity index (χ2n) is 6.02. The third-order valence-electron chi connectivity index (χ3n) is 4.05. The summed E-state index contributed by atoms with van der Waals surface area (Å²) in [5.74, 6) is 0.687. The van der Waals surface area contributed by atoms with Crippen LogP contribution in [0.3, 0.4) is 0 Å². The van der Waals surface area contributed by atoms with Crippen LogP contribution in [0.1, 0.15) is 34.8 Å². The zero-order chi connectivity index (χ0) is 19.0. The molecule has 0 atom stereocenters. The van der Waals surface area contributed by atoms with E-state index in [0.717, 1.165) is 11.4 Å². The van der Waals surface area contributed by atoms with Crippen molar-refractivity contribution in [2.24, 2.45) is 0 Å². The largest absolute Gasteiger partial charge is 0.317 e. The summed E-state index contributed by atoms with van der Waals surface area (Å²) in [6.07, 6.45) is 0.660. The van der Waals surface area contributed by atoms with Crippen molar-refractivity contribution in [3.63, 3.8) is 0 Å². The average Bonchev–Trinajstić information content (AvgIpc) is 3.28. The van der Waals surface area contributed by atoms with E-state index in [2.05, 4.69) is 35.9 Å². The Morgan fingerprint density at radius 1 is 1.19 bits per heavy atom. The third kappa shape index (κ3) is 3.01. The monoisotopic (exact) mass is 363 g/mol. The van der Waals surface area contributed by atoms with Crippen LogP contribution in [0.25, 0.3) is 11.5 Å². The van der Waals surface area contributed by atoms with Gasteiger partial charge in [-0.3, -0.25) is 4.79 Å². The molecule has 0 fully saturated rings. The number of aromatic nitrogens is 8. The highest BCUT2D eigenvalue weighted by Crippen LogP contribution is 2.20. The van der Waals surface area contributed by atoms with Gasteiger partial charge in [0.15, 0.2) is 5.82 Å². The second kappa shape index (κ2) is 6.56. The number of amides is 1. The van der Waals surface area contributed by atoms with Gasteiger partial charge in [0.2, 0.25) is 5.82 Å². The van der Waals surface area contributed by atoms with Crippen LogP contribution in [0.5, 0.6) is 0 Å². The van der Waals surface area contributed by atoms with E-state index in [9.17, 15) is 4.79 Å². The van der Waals surface area contributed by atoms with Crippen LogP contribution < -0.4 is 5.32 Å².